The highest BCUT2D eigenvalue weighted by molar-refractivity contribution is 8.00. The van der Waals surface area contributed by atoms with Gasteiger partial charge in [0.15, 0.2) is 5.16 Å². The zero-order chi connectivity index (χ0) is 12.3. The molecule has 2 rings (SSSR count). The van der Waals surface area contributed by atoms with Crippen molar-refractivity contribution in [3.05, 3.63) is 42.5 Å². The SMILES string of the molecule is C[C@@H](C#N)Sc1nccn1-c1cccc(F)c1. The summed E-state index contributed by atoms with van der Waals surface area (Å²) < 4.78 is 14.9. The summed E-state index contributed by atoms with van der Waals surface area (Å²) in [7, 11) is 0. The molecule has 1 atom stereocenters. The van der Waals surface area contributed by atoms with E-state index < -0.39 is 0 Å². The molecule has 2 aromatic rings. The first-order chi connectivity index (χ1) is 8.20. The molecule has 5 heteroatoms. The molecule has 1 aromatic heterocycles. The molecule has 17 heavy (non-hydrogen) atoms. The highest BCUT2D eigenvalue weighted by Crippen LogP contribution is 2.24. The van der Waals surface area contributed by atoms with Crippen LogP contribution in [-0.2, 0) is 0 Å². The van der Waals surface area contributed by atoms with E-state index in [-0.39, 0.29) is 11.1 Å². The van der Waals surface area contributed by atoms with Crippen LogP contribution in [0.2, 0.25) is 0 Å². The fourth-order valence-corrected chi connectivity index (χ4v) is 2.15. The fourth-order valence-electron chi connectivity index (χ4n) is 1.38. The first-order valence-corrected chi connectivity index (χ1v) is 5.94. The van der Waals surface area contributed by atoms with E-state index in [9.17, 15) is 4.39 Å². The Morgan fingerprint density at radius 3 is 3.06 bits per heavy atom. The number of nitriles is 1. The van der Waals surface area contributed by atoms with Crippen LogP contribution in [-0.4, -0.2) is 14.8 Å². The predicted molar refractivity (Wildman–Crippen MR) is 64.5 cm³/mol. The maximum Gasteiger partial charge on any atom is 0.173 e. The lowest BCUT2D eigenvalue weighted by molar-refractivity contribution is 0.626. The van der Waals surface area contributed by atoms with Crippen molar-refractivity contribution in [2.45, 2.75) is 17.3 Å². The van der Waals surface area contributed by atoms with Crippen molar-refractivity contribution >= 4 is 11.8 Å². The summed E-state index contributed by atoms with van der Waals surface area (Å²) in [4.78, 5) is 4.16. The first-order valence-electron chi connectivity index (χ1n) is 5.06. The van der Waals surface area contributed by atoms with E-state index in [1.165, 1.54) is 23.9 Å². The molecule has 1 heterocycles. The minimum absolute atomic E-state index is 0.190. The largest absolute Gasteiger partial charge is 0.295 e. The lowest BCUT2D eigenvalue weighted by Gasteiger charge is -2.07. The zero-order valence-corrected chi connectivity index (χ0v) is 9.99. The van der Waals surface area contributed by atoms with Crippen molar-refractivity contribution in [3.63, 3.8) is 0 Å². The van der Waals surface area contributed by atoms with Crippen LogP contribution in [0.15, 0.2) is 41.8 Å². The number of hydrogen-bond acceptors (Lipinski definition) is 3. The average Bonchev–Trinajstić information content (AvgIpc) is 2.77. The van der Waals surface area contributed by atoms with E-state index in [4.69, 9.17) is 5.26 Å². The minimum atomic E-state index is -0.291. The van der Waals surface area contributed by atoms with Crippen molar-refractivity contribution < 1.29 is 4.39 Å². The molecule has 0 amide bonds. The smallest absolute Gasteiger partial charge is 0.173 e. The summed E-state index contributed by atoms with van der Waals surface area (Å²) in [5.74, 6) is -0.291. The first kappa shape index (κ1) is 11.7. The Balaban J connectivity index is 2.34. The van der Waals surface area contributed by atoms with Crippen LogP contribution in [0.3, 0.4) is 0 Å². The van der Waals surface area contributed by atoms with Crippen molar-refractivity contribution in [1.82, 2.24) is 9.55 Å². The Morgan fingerprint density at radius 1 is 1.53 bits per heavy atom. The number of rotatable bonds is 3. The van der Waals surface area contributed by atoms with Crippen molar-refractivity contribution in [1.29, 1.82) is 5.26 Å². The zero-order valence-electron chi connectivity index (χ0n) is 9.17. The molecule has 0 aliphatic heterocycles. The molecular formula is C12H10FN3S. The molecule has 0 aliphatic carbocycles. The van der Waals surface area contributed by atoms with E-state index in [0.29, 0.717) is 10.8 Å². The number of benzene rings is 1. The maximum absolute atomic E-state index is 13.1. The van der Waals surface area contributed by atoms with Crippen LogP contribution < -0.4 is 0 Å². The van der Waals surface area contributed by atoms with Crippen LogP contribution in [0.4, 0.5) is 4.39 Å². The number of thioether (sulfide) groups is 1. The number of halogens is 1. The van der Waals surface area contributed by atoms with Gasteiger partial charge in [0.2, 0.25) is 0 Å². The molecule has 0 spiro atoms. The topological polar surface area (TPSA) is 41.6 Å². The predicted octanol–water partition coefficient (Wildman–Crippen LogP) is 3.02. The Morgan fingerprint density at radius 2 is 2.35 bits per heavy atom. The summed E-state index contributed by atoms with van der Waals surface area (Å²) in [5, 5.41) is 9.27. The van der Waals surface area contributed by atoms with E-state index in [0.717, 1.165) is 0 Å². The van der Waals surface area contributed by atoms with Crippen molar-refractivity contribution in [2.75, 3.05) is 0 Å². The van der Waals surface area contributed by atoms with Crippen LogP contribution in [0.1, 0.15) is 6.92 Å². The van der Waals surface area contributed by atoms with Gasteiger partial charge in [0.1, 0.15) is 5.82 Å². The second kappa shape index (κ2) is 5.02. The van der Waals surface area contributed by atoms with Crippen molar-refractivity contribution in [3.8, 4) is 11.8 Å². The highest BCUT2D eigenvalue weighted by Gasteiger charge is 2.10. The molecule has 1 aromatic carbocycles. The molecular weight excluding hydrogens is 237 g/mol. The molecule has 0 bridgehead atoms. The van der Waals surface area contributed by atoms with Gasteiger partial charge in [-0.05, 0) is 25.1 Å². The van der Waals surface area contributed by atoms with Crippen LogP contribution in [0, 0.1) is 17.1 Å². The van der Waals surface area contributed by atoms with Crippen LogP contribution >= 0.6 is 11.8 Å². The summed E-state index contributed by atoms with van der Waals surface area (Å²) in [5.41, 5.74) is 0.704. The lowest BCUT2D eigenvalue weighted by Crippen LogP contribution is -1.99. The number of nitrogens with zero attached hydrogens (tertiary/aromatic N) is 3. The second-order valence-electron chi connectivity index (χ2n) is 3.45. The standard InChI is InChI=1S/C12H10FN3S/c1-9(8-14)17-12-15-5-6-16(12)11-4-2-3-10(13)7-11/h2-7,9H,1H3/t9-/m0/s1. The Kier molecular flexibility index (Phi) is 3.45. The molecule has 0 radical (unpaired) electrons. The summed E-state index contributed by atoms with van der Waals surface area (Å²) in [6.45, 7) is 1.80. The second-order valence-corrected chi connectivity index (χ2v) is 4.76. The number of hydrogen-bond donors (Lipinski definition) is 0. The highest BCUT2D eigenvalue weighted by atomic mass is 32.2. The van der Waals surface area contributed by atoms with Gasteiger partial charge in [0.25, 0.3) is 0 Å². The Hall–Kier alpha value is -1.80. The number of aromatic nitrogens is 2. The molecule has 0 fully saturated rings. The minimum Gasteiger partial charge on any atom is -0.295 e. The summed E-state index contributed by atoms with van der Waals surface area (Å²) >= 11 is 1.35. The molecule has 0 unspecified atom stereocenters. The van der Waals surface area contributed by atoms with Crippen molar-refractivity contribution in [2.24, 2.45) is 0 Å². The monoisotopic (exact) mass is 247 g/mol. The number of imidazole rings is 1. The van der Waals surface area contributed by atoms with E-state index in [1.54, 1.807) is 36.0 Å². The molecule has 0 saturated heterocycles. The summed E-state index contributed by atoms with van der Waals surface area (Å²) in [6, 6.07) is 8.40. The van der Waals surface area contributed by atoms with Crippen LogP contribution in [0.25, 0.3) is 5.69 Å². The molecule has 0 N–H and O–H groups in total. The maximum atomic E-state index is 13.1. The van der Waals surface area contributed by atoms with Gasteiger partial charge < -0.3 is 0 Å². The van der Waals surface area contributed by atoms with Gasteiger partial charge in [-0.1, -0.05) is 17.8 Å². The van der Waals surface area contributed by atoms with Gasteiger partial charge in [0, 0.05) is 12.4 Å². The third kappa shape index (κ3) is 2.66. The summed E-state index contributed by atoms with van der Waals surface area (Å²) in [6.07, 6.45) is 3.39. The molecule has 0 aliphatic rings. The fraction of sp³-hybridized carbons (Fsp3) is 0.167. The van der Waals surface area contributed by atoms with Gasteiger partial charge in [-0.3, -0.25) is 4.57 Å². The molecule has 0 saturated carbocycles. The Bertz CT molecular complexity index is 559. The van der Waals surface area contributed by atoms with Gasteiger partial charge in [-0.25, -0.2) is 9.37 Å². The van der Waals surface area contributed by atoms with Crippen LogP contribution in [0.5, 0.6) is 0 Å². The van der Waals surface area contributed by atoms with Gasteiger partial charge in [-0.2, -0.15) is 5.26 Å². The Labute approximate surface area is 103 Å². The normalized spacial score (nSPS) is 12.1. The average molecular weight is 247 g/mol. The molecule has 86 valence electrons. The van der Waals surface area contributed by atoms with E-state index >= 15 is 0 Å². The quantitative estimate of drug-likeness (QED) is 0.783. The third-order valence-corrected chi connectivity index (χ3v) is 3.13. The van der Waals surface area contributed by atoms with Gasteiger partial charge in [0.05, 0.1) is 17.0 Å². The molecule has 3 nitrogen and oxygen atoms in total. The van der Waals surface area contributed by atoms with E-state index in [2.05, 4.69) is 11.1 Å². The van der Waals surface area contributed by atoms with Gasteiger partial charge >= 0.3 is 0 Å². The lowest BCUT2D eigenvalue weighted by atomic mass is 10.3. The third-order valence-electron chi connectivity index (χ3n) is 2.16. The van der Waals surface area contributed by atoms with E-state index in [1.807, 2.05) is 0 Å². The van der Waals surface area contributed by atoms with Gasteiger partial charge in [-0.15, -0.1) is 0 Å².